The molecule has 0 saturated heterocycles. The fraction of sp³-hybridized carbons (Fsp3) is 0.286. The molecular weight excluding hydrogens is 164 g/mol. The smallest absolute Gasteiger partial charge is 0.216 e. The highest BCUT2D eigenvalue weighted by molar-refractivity contribution is 6.29. The quantitative estimate of drug-likeness (QED) is 0.691. The van der Waals surface area contributed by atoms with Crippen LogP contribution < -0.4 is 10.1 Å². The Hall–Kier alpha value is -0.960. The van der Waals surface area contributed by atoms with Crippen molar-refractivity contribution in [2.45, 2.75) is 0 Å². The van der Waals surface area contributed by atoms with Gasteiger partial charge in [0, 0.05) is 18.8 Å². The summed E-state index contributed by atoms with van der Waals surface area (Å²) >= 11 is 5.68. The van der Waals surface area contributed by atoms with E-state index in [2.05, 4.69) is 10.3 Å². The van der Waals surface area contributed by atoms with Gasteiger partial charge in [0.25, 0.3) is 0 Å². The zero-order valence-corrected chi connectivity index (χ0v) is 7.14. The second-order valence-electron chi connectivity index (χ2n) is 1.97. The van der Waals surface area contributed by atoms with Crippen molar-refractivity contribution < 1.29 is 4.74 Å². The molecule has 3 nitrogen and oxygen atoms in total. The van der Waals surface area contributed by atoms with Crippen LogP contribution in [0.2, 0.25) is 5.15 Å². The van der Waals surface area contributed by atoms with Crippen LogP contribution in [0, 0.1) is 0 Å². The molecule has 0 aromatic carbocycles. The van der Waals surface area contributed by atoms with E-state index in [0.717, 1.165) is 5.69 Å². The summed E-state index contributed by atoms with van der Waals surface area (Å²) in [5.41, 5.74) is 0.891. The Bertz CT molecular complexity index is 230. The predicted molar refractivity (Wildman–Crippen MR) is 45.3 cm³/mol. The first kappa shape index (κ1) is 8.14. The topological polar surface area (TPSA) is 34.2 Å². The first-order chi connectivity index (χ1) is 5.26. The first-order valence-electron chi connectivity index (χ1n) is 3.15. The summed E-state index contributed by atoms with van der Waals surface area (Å²) in [6.45, 7) is 0. The zero-order valence-electron chi connectivity index (χ0n) is 6.39. The molecule has 60 valence electrons. The molecule has 1 rings (SSSR count). The van der Waals surface area contributed by atoms with Crippen molar-refractivity contribution in [3.63, 3.8) is 0 Å². The van der Waals surface area contributed by atoms with Gasteiger partial charge >= 0.3 is 0 Å². The molecule has 0 saturated carbocycles. The molecule has 1 N–H and O–H groups in total. The van der Waals surface area contributed by atoms with E-state index in [9.17, 15) is 0 Å². The minimum Gasteiger partial charge on any atom is -0.481 e. The lowest BCUT2D eigenvalue weighted by molar-refractivity contribution is 0.398. The van der Waals surface area contributed by atoms with Gasteiger partial charge in [-0.1, -0.05) is 11.6 Å². The number of aromatic nitrogens is 1. The third-order valence-corrected chi connectivity index (χ3v) is 1.46. The van der Waals surface area contributed by atoms with Gasteiger partial charge in [-0.05, 0) is 6.07 Å². The average Bonchev–Trinajstić information content (AvgIpc) is 2.03. The number of hydrogen-bond acceptors (Lipinski definition) is 3. The Labute approximate surface area is 70.3 Å². The minimum absolute atomic E-state index is 0.425. The van der Waals surface area contributed by atoms with Crippen LogP contribution in [-0.4, -0.2) is 19.1 Å². The second-order valence-corrected chi connectivity index (χ2v) is 2.36. The summed E-state index contributed by atoms with van der Waals surface area (Å²) in [6.07, 6.45) is 0. The van der Waals surface area contributed by atoms with E-state index in [1.165, 1.54) is 0 Å². The van der Waals surface area contributed by atoms with Crippen LogP contribution in [0.1, 0.15) is 0 Å². The largest absolute Gasteiger partial charge is 0.481 e. The number of anilines is 1. The Kier molecular flexibility index (Phi) is 2.54. The molecule has 0 unspecified atom stereocenters. The number of halogens is 1. The Morgan fingerprint density at radius 1 is 1.55 bits per heavy atom. The lowest BCUT2D eigenvalue weighted by Crippen LogP contribution is -1.92. The van der Waals surface area contributed by atoms with Crippen molar-refractivity contribution in [2.24, 2.45) is 0 Å². The highest BCUT2D eigenvalue weighted by Gasteiger charge is 1.98. The molecule has 4 heteroatoms. The normalized spacial score (nSPS) is 9.36. The molecule has 0 aliphatic carbocycles. The maximum Gasteiger partial charge on any atom is 0.216 e. The van der Waals surface area contributed by atoms with Crippen molar-refractivity contribution in [2.75, 3.05) is 19.5 Å². The number of pyridine rings is 1. The molecule has 0 bridgehead atoms. The van der Waals surface area contributed by atoms with Gasteiger partial charge in [0.05, 0.1) is 7.11 Å². The van der Waals surface area contributed by atoms with Gasteiger partial charge in [0.2, 0.25) is 5.88 Å². The number of nitrogens with one attached hydrogen (secondary N) is 1. The number of ether oxygens (including phenoxy) is 1. The lowest BCUT2D eigenvalue weighted by Gasteiger charge is -2.02. The van der Waals surface area contributed by atoms with E-state index in [-0.39, 0.29) is 0 Å². The molecule has 1 aromatic rings. The first-order valence-corrected chi connectivity index (χ1v) is 3.53. The molecular formula is C7H9ClN2O. The molecule has 1 heterocycles. The summed E-state index contributed by atoms with van der Waals surface area (Å²) in [6, 6.07) is 3.50. The van der Waals surface area contributed by atoms with E-state index in [1.807, 2.05) is 7.05 Å². The Morgan fingerprint density at radius 2 is 2.27 bits per heavy atom. The van der Waals surface area contributed by atoms with Crippen LogP contribution in [0.4, 0.5) is 5.69 Å². The number of rotatable bonds is 2. The maximum atomic E-state index is 5.68. The van der Waals surface area contributed by atoms with E-state index >= 15 is 0 Å². The van der Waals surface area contributed by atoms with Gasteiger partial charge in [0.1, 0.15) is 5.15 Å². The molecule has 0 aliphatic rings. The Balaban J connectivity index is 3.02. The molecule has 0 aliphatic heterocycles. The SMILES string of the molecule is CNc1cc(Cl)nc(OC)c1. The van der Waals surface area contributed by atoms with E-state index in [1.54, 1.807) is 19.2 Å². The standard InChI is InChI=1S/C7H9ClN2O/c1-9-5-3-6(8)10-7(4-5)11-2/h3-4H,1-2H3,(H,9,10). The van der Waals surface area contributed by atoms with Gasteiger partial charge in [0.15, 0.2) is 0 Å². The molecule has 11 heavy (non-hydrogen) atoms. The fourth-order valence-corrected chi connectivity index (χ4v) is 0.923. The molecule has 1 aromatic heterocycles. The highest BCUT2D eigenvalue weighted by atomic mass is 35.5. The van der Waals surface area contributed by atoms with Crippen LogP contribution in [-0.2, 0) is 0 Å². The highest BCUT2D eigenvalue weighted by Crippen LogP contribution is 2.18. The van der Waals surface area contributed by atoms with Crippen molar-refractivity contribution in [1.82, 2.24) is 4.98 Å². The van der Waals surface area contributed by atoms with Crippen LogP contribution in [0.3, 0.4) is 0 Å². The fourth-order valence-electron chi connectivity index (χ4n) is 0.722. The monoisotopic (exact) mass is 172 g/mol. The number of hydrogen-bond donors (Lipinski definition) is 1. The van der Waals surface area contributed by atoms with Gasteiger partial charge in [-0.25, -0.2) is 4.98 Å². The third kappa shape index (κ3) is 1.98. The lowest BCUT2D eigenvalue weighted by atomic mass is 10.4. The van der Waals surface area contributed by atoms with Gasteiger partial charge in [-0.15, -0.1) is 0 Å². The van der Waals surface area contributed by atoms with Crippen LogP contribution in [0.25, 0.3) is 0 Å². The molecule has 0 amide bonds. The van der Waals surface area contributed by atoms with Crippen molar-refractivity contribution in [3.05, 3.63) is 17.3 Å². The van der Waals surface area contributed by atoms with Crippen LogP contribution in [0.5, 0.6) is 5.88 Å². The van der Waals surface area contributed by atoms with Gasteiger partial charge in [-0.3, -0.25) is 0 Å². The zero-order chi connectivity index (χ0) is 8.27. The van der Waals surface area contributed by atoms with E-state index in [0.29, 0.717) is 11.0 Å². The predicted octanol–water partition coefficient (Wildman–Crippen LogP) is 1.79. The number of nitrogens with zero attached hydrogens (tertiary/aromatic N) is 1. The maximum absolute atomic E-state index is 5.68. The minimum atomic E-state index is 0.425. The third-order valence-electron chi connectivity index (χ3n) is 1.27. The van der Waals surface area contributed by atoms with E-state index in [4.69, 9.17) is 16.3 Å². The number of methoxy groups -OCH3 is 1. The van der Waals surface area contributed by atoms with Crippen molar-refractivity contribution >= 4 is 17.3 Å². The average molecular weight is 173 g/mol. The molecule has 0 radical (unpaired) electrons. The van der Waals surface area contributed by atoms with Crippen molar-refractivity contribution in [1.29, 1.82) is 0 Å². The Morgan fingerprint density at radius 3 is 2.82 bits per heavy atom. The molecule has 0 fully saturated rings. The summed E-state index contributed by atoms with van der Waals surface area (Å²) in [5.74, 6) is 0.516. The van der Waals surface area contributed by atoms with Crippen LogP contribution >= 0.6 is 11.6 Å². The van der Waals surface area contributed by atoms with E-state index < -0.39 is 0 Å². The summed E-state index contributed by atoms with van der Waals surface area (Å²) in [4.78, 5) is 3.90. The summed E-state index contributed by atoms with van der Waals surface area (Å²) < 4.78 is 4.90. The summed E-state index contributed by atoms with van der Waals surface area (Å²) in [5, 5.41) is 3.36. The van der Waals surface area contributed by atoms with Crippen LogP contribution in [0.15, 0.2) is 12.1 Å². The molecule has 0 spiro atoms. The second kappa shape index (κ2) is 3.44. The van der Waals surface area contributed by atoms with Gasteiger partial charge < -0.3 is 10.1 Å². The van der Waals surface area contributed by atoms with Gasteiger partial charge in [-0.2, -0.15) is 0 Å². The van der Waals surface area contributed by atoms with Crippen molar-refractivity contribution in [3.8, 4) is 5.88 Å². The summed E-state index contributed by atoms with van der Waals surface area (Å²) in [7, 11) is 3.36. The molecule has 0 atom stereocenters.